The molecule has 1 heterocycles. The first-order valence-corrected chi connectivity index (χ1v) is 6.65. The Morgan fingerprint density at radius 1 is 1.25 bits per heavy atom. The third-order valence-electron chi connectivity index (χ3n) is 3.53. The van der Waals surface area contributed by atoms with Crippen LogP contribution in [0.3, 0.4) is 0 Å². The molecule has 0 spiro atoms. The fourth-order valence-corrected chi connectivity index (χ4v) is 2.02. The number of carbonyl (C=O) groups is 1. The van der Waals surface area contributed by atoms with Gasteiger partial charge in [-0.15, -0.1) is 0 Å². The molecule has 1 unspecified atom stereocenters. The third kappa shape index (κ3) is 2.91. The molecular formula is C16H20N2O2. The number of nitrogens with two attached hydrogens (primary N) is 1. The molecule has 0 saturated carbocycles. The molecule has 0 aliphatic heterocycles. The number of hydrogen-bond donors (Lipinski definition) is 1. The summed E-state index contributed by atoms with van der Waals surface area (Å²) in [4.78, 5) is 14.0. The minimum Gasteiger partial charge on any atom is -0.455 e. The lowest BCUT2D eigenvalue weighted by Gasteiger charge is -2.24. The summed E-state index contributed by atoms with van der Waals surface area (Å²) in [5.41, 5.74) is 7.78. The lowest BCUT2D eigenvalue weighted by molar-refractivity contribution is 0.0708. The van der Waals surface area contributed by atoms with Gasteiger partial charge in [0.1, 0.15) is 5.76 Å². The summed E-state index contributed by atoms with van der Waals surface area (Å²) in [6, 6.07) is 11.6. The van der Waals surface area contributed by atoms with Crippen LogP contribution in [0, 0.1) is 6.92 Å². The Hall–Kier alpha value is -2.07. The third-order valence-corrected chi connectivity index (χ3v) is 3.53. The van der Waals surface area contributed by atoms with Crippen molar-refractivity contribution in [2.45, 2.75) is 26.4 Å². The number of aryl methyl sites for hydroxylation is 1. The summed E-state index contributed by atoms with van der Waals surface area (Å²) in [5, 5.41) is 0. The van der Waals surface area contributed by atoms with Crippen molar-refractivity contribution in [2.75, 3.05) is 7.05 Å². The fourth-order valence-electron chi connectivity index (χ4n) is 2.02. The highest BCUT2D eigenvalue weighted by atomic mass is 16.4. The minimum atomic E-state index is -0.141. The number of benzene rings is 1. The van der Waals surface area contributed by atoms with Crippen molar-refractivity contribution in [3.8, 4) is 0 Å². The van der Waals surface area contributed by atoms with E-state index in [0.29, 0.717) is 18.1 Å². The molecule has 20 heavy (non-hydrogen) atoms. The number of furan rings is 1. The topological polar surface area (TPSA) is 59.5 Å². The van der Waals surface area contributed by atoms with E-state index in [2.05, 4.69) is 0 Å². The molecule has 0 bridgehead atoms. The van der Waals surface area contributed by atoms with Crippen molar-refractivity contribution in [3.63, 3.8) is 0 Å². The number of carbonyl (C=O) groups excluding carboxylic acids is 1. The second kappa shape index (κ2) is 5.92. The lowest BCUT2D eigenvalue weighted by Crippen LogP contribution is -2.29. The maximum absolute atomic E-state index is 12.3. The Kier molecular flexibility index (Phi) is 4.25. The van der Waals surface area contributed by atoms with Gasteiger partial charge in [-0.1, -0.05) is 29.8 Å². The lowest BCUT2D eigenvalue weighted by atomic mass is 10.1. The maximum atomic E-state index is 12.3. The highest BCUT2D eigenvalue weighted by molar-refractivity contribution is 5.91. The van der Waals surface area contributed by atoms with Gasteiger partial charge in [-0.25, -0.2) is 0 Å². The molecule has 0 radical (unpaired) electrons. The Labute approximate surface area is 119 Å². The fraction of sp³-hybridized carbons (Fsp3) is 0.312. The van der Waals surface area contributed by atoms with Crippen LogP contribution in [0.2, 0.25) is 0 Å². The Morgan fingerprint density at radius 3 is 2.45 bits per heavy atom. The number of nitrogens with zero attached hydrogens (tertiary/aromatic N) is 1. The summed E-state index contributed by atoms with van der Waals surface area (Å²) < 4.78 is 5.40. The molecule has 4 nitrogen and oxygen atoms in total. The van der Waals surface area contributed by atoms with Crippen LogP contribution in [0.4, 0.5) is 0 Å². The Morgan fingerprint density at radius 2 is 1.90 bits per heavy atom. The van der Waals surface area contributed by atoms with Gasteiger partial charge in [0.2, 0.25) is 0 Å². The molecule has 1 aromatic carbocycles. The molecule has 4 heteroatoms. The summed E-state index contributed by atoms with van der Waals surface area (Å²) in [6.45, 7) is 4.33. The van der Waals surface area contributed by atoms with Crippen LogP contribution >= 0.6 is 0 Å². The van der Waals surface area contributed by atoms with Crippen LogP contribution < -0.4 is 5.73 Å². The summed E-state index contributed by atoms with van der Waals surface area (Å²) in [6.07, 6.45) is 0. The van der Waals surface area contributed by atoms with Crippen LogP contribution in [0.25, 0.3) is 0 Å². The van der Waals surface area contributed by atoms with E-state index in [1.54, 1.807) is 24.1 Å². The Balaban J connectivity index is 2.15. The molecule has 2 aromatic rings. The van der Waals surface area contributed by atoms with E-state index in [0.717, 1.165) is 5.56 Å². The van der Waals surface area contributed by atoms with E-state index in [-0.39, 0.29) is 11.9 Å². The molecule has 1 aromatic heterocycles. The predicted molar refractivity (Wildman–Crippen MR) is 78.3 cm³/mol. The van der Waals surface area contributed by atoms with Gasteiger partial charge in [0, 0.05) is 7.05 Å². The van der Waals surface area contributed by atoms with E-state index in [1.165, 1.54) is 5.56 Å². The molecular weight excluding hydrogens is 252 g/mol. The molecule has 2 rings (SSSR count). The molecule has 106 valence electrons. The number of rotatable bonds is 4. The Bertz CT molecular complexity index is 587. The maximum Gasteiger partial charge on any atom is 0.289 e. The smallest absolute Gasteiger partial charge is 0.289 e. The van der Waals surface area contributed by atoms with Crippen LogP contribution in [-0.4, -0.2) is 17.9 Å². The van der Waals surface area contributed by atoms with Gasteiger partial charge >= 0.3 is 0 Å². The molecule has 1 amide bonds. The van der Waals surface area contributed by atoms with Gasteiger partial charge in [-0.2, -0.15) is 0 Å². The minimum absolute atomic E-state index is 0.0190. The summed E-state index contributed by atoms with van der Waals surface area (Å²) in [5.74, 6) is 0.800. The van der Waals surface area contributed by atoms with Crippen molar-refractivity contribution in [1.29, 1.82) is 0 Å². The van der Waals surface area contributed by atoms with E-state index < -0.39 is 0 Å². The van der Waals surface area contributed by atoms with E-state index in [1.807, 2.05) is 38.1 Å². The van der Waals surface area contributed by atoms with Gasteiger partial charge in [-0.3, -0.25) is 4.79 Å². The highest BCUT2D eigenvalue weighted by Gasteiger charge is 2.21. The first-order chi connectivity index (χ1) is 9.52. The van der Waals surface area contributed by atoms with Gasteiger partial charge in [0.15, 0.2) is 5.76 Å². The first-order valence-electron chi connectivity index (χ1n) is 6.65. The predicted octanol–water partition coefficient (Wildman–Crippen LogP) is 2.88. The quantitative estimate of drug-likeness (QED) is 0.931. The average molecular weight is 272 g/mol. The largest absolute Gasteiger partial charge is 0.455 e. The molecule has 0 fully saturated rings. The van der Waals surface area contributed by atoms with Crippen LogP contribution in [0.1, 0.15) is 40.4 Å². The molecule has 1 atom stereocenters. The van der Waals surface area contributed by atoms with Crippen LogP contribution in [0.15, 0.2) is 40.8 Å². The van der Waals surface area contributed by atoms with E-state index >= 15 is 0 Å². The molecule has 2 N–H and O–H groups in total. The van der Waals surface area contributed by atoms with Gasteiger partial charge < -0.3 is 15.1 Å². The number of hydrogen-bond acceptors (Lipinski definition) is 3. The van der Waals surface area contributed by atoms with Crippen molar-refractivity contribution < 1.29 is 9.21 Å². The highest BCUT2D eigenvalue weighted by Crippen LogP contribution is 2.21. The molecule has 0 aliphatic carbocycles. The average Bonchev–Trinajstić information content (AvgIpc) is 2.94. The monoisotopic (exact) mass is 272 g/mol. The van der Waals surface area contributed by atoms with E-state index in [9.17, 15) is 4.79 Å². The standard InChI is InChI=1S/C16H20N2O2/c1-11-4-6-13(7-5-11)12(2)18(3)16(19)15-9-8-14(10-17)20-15/h4-9,12H,10,17H2,1-3H3. The van der Waals surface area contributed by atoms with E-state index in [4.69, 9.17) is 10.2 Å². The normalized spacial score (nSPS) is 12.2. The van der Waals surface area contributed by atoms with Crippen LogP contribution in [0.5, 0.6) is 0 Å². The summed E-state index contributed by atoms with van der Waals surface area (Å²) in [7, 11) is 1.78. The first kappa shape index (κ1) is 14.3. The second-order valence-corrected chi connectivity index (χ2v) is 4.97. The van der Waals surface area contributed by atoms with Crippen LogP contribution in [-0.2, 0) is 6.54 Å². The van der Waals surface area contributed by atoms with Crippen molar-refractivity contribution in [2.24, 2.45) is 5.73 Å². The van der Waals surface area contributed by atoms with Crippen molar-refractivity contribution in [1.82, 2.24) is 4.90 Å². The summed E-state index contributed by atoms with van der Waals surface area (Å²) >= 11 is 0. The molecule has 0 saturated heterocycles. The van der Waals surface area contributed by atoms with Gasteiger partial charge in [-0.05, 0) is 31.5 Å². The van der Waals surface area contributed by atoms with Crippen molar-refractivity contribution >= 4 is 5.91 Å². The molecule has 0 aliphatic rings. The zero-order chi connectivity index (χ0) is 14.7. The van der Waals surface area contributed by atoms with Crippen molar-refractivity contribution in [3.05, 3.63) is 59.0 Å². The zero-order valence-electron chi connectivity index (χ0n) is 12.1. The number of amides is 1. The SMILES string of the molecule is Cc1ccc(C(C)N(C)C(=O)c2ccc(CN)o2)cc1. The second-order valence-electron chi connectivity index (χ2n) is 4.97. The zero-order valence-corrected chi connectivity index (χ0v) is 12.1. The van der Waals surface area contributed by atoms with Gasteiger partial charge in [0.05, 0.1) is 12.6 Å². The van der Waals surface area contributed by atoms with Gasteiger partial charge in [0.25, 0.3) is 5.91 Å².